The second-order valence-electron chi connectivity index (χ2n) is 8.16. The van der Waals surface area contributed by atoms with Crippen molar-refractivity contribution in [2.45, 2.75) is 20.3 Å². The van der Waals surface area contributed by atoms with E-state index in [-0.39, 0.29) is 5.82 Å². The third kappa shape index (κ3) is 4.74. The first-order chi connectivity index (χ1) is 16.5. The van der Waals surface area contributed by atoms with Gasteiger partial charge >= 0.3 is 0 Å². The maximum absolute atomic E-state index is 13.1. The highest BCUT2D eigenvalue weighted by molar-refractivity contribution is 5.70. The molecule has 0 spiro atoms. The van der Waals surface area contributed by atoms with E-state index in [1.807, 2.05) is 43.3 Å². The molecule has 3 aromatic carbocycles. The van der Waals surface area contributed by atoms with Crippen LogP contribution in [-0.2, 0) is 6.42 Å². The van der Waals surface area contributed by atoms with Crippen LogP contribution in [0.5, 0.6) is 11.5 Å². The van der Waals surface area contributed by atoms with Gasteiger partial charge in [0.1, 0.15) is 23.1 Å². The average molecular weight is 451 g/mol. The van der Waals surface area contributed by atoms with Crippen LogP contribution in [0, 0.1) is 19.7 Å². The summed E-state index contributed by atoms with van der Waals surface area (Å²) in [5, 5.41) is 0. The Balaban J connectivity index is 1.31. The minimum atomic E-state index is -0.287. The maximum atomic E-state index is 13.1. The maximum Gasteiger partial charge on any atom is 0.226 e. The predicted octanol–water partition coefficient (Wildman–Crippen LogP) is 7.54. The monoisotopic (exact) mass is 450 g/mol. The van der Waals surface area contributed by atoms with Crippen LogP contribution in [0.1, 0.15) is 22.6 Å². The van der Waals surface area contributed by atoms with E-state index in [4.69, 9.17) is 14.1 Å². The molecule has 5 heteroatoms. The molecule has 0 atom stereocenters. The number of rotatable bonds is 6. The van der Waals surface area contributed by atoms with Crippen LogP contribution in [0.2, 0.25) is 0 Å². The molecule has 0 aliphatic carbocycles. The van der Waals surface area contributed by atoms with Crippen molar-refractivity contribution in [3.63, 3.8) is 0 Å². The van der Waals surface area contributed by atoms with Gasteiger partial charge in [0.2, 0.25) is 5.89 Å². The number of oxazole rings is 1. The summed E-state index contributed by atoms with van der Waals surface area (Å²) in [4.78, 5) is 8.88. The fourth-order valence-corrected chi connectivity index (χ4v) is 3.84. The van der Waals surface area contributed by atoms with Crippen LogP contribution in [-0.4, -0.2) is 9.97 Å². The zero-order chi connectivity index (χ0) is 23.5. The van der Waals surface area contributed by atoms with E-state index in [0.717, 1.165) is 39.3 Å². The van der Waals surface area contributed by atoms with Crippen LogP contribution < -0.4 is 4.74 Å². The predicted molar refractivity (Wildman–Crippen MR) is 130 cm³/mol. The molecular weight excluding hydrogens is 427 g/mol. The third-order valence-corrected chi connectivity index (χ3v) is 5.71. The number of ether oxygens (including phenoxy) is 1. The van der Waals surface area contributed by atoms with E-state index in [1.54, 1.807) is 24.5 Å². The highest BCUT2D eigenvalue weighted by Gasteiger charge is 2.14. The summed E-state index contributed by atoms with van der Waals surface area (Å²) in [6.45, 7) is 4.01. The molecule has 0 fully saturated rings. The zero-order valence-corrected chi connectivity index (χ0v) is 19.0. The number of aryl methyl sites for hydroxylation is 2. The molecule has 0 unspecified atom stereocenters. The number of hydrogen-bond donors (Lipinski definition) is 0. The highest BCUT2D eigenvalue weighted by Crippen LogP contribution is 2.30. The fourth-order valence-electron chi connectivity index (χ4n) is 3.84. The molecule has 0 saturated carbocycles. The highest BCUT2D eigenvalue weighted by atomic mass is 19.1. The van der Waals surface area contributed by atoms with Gasteiger partial charge in [0.05, 0.1) is 5.69 Å². The summed E-state index contributed by atoms with van der Waals surface area (Å²) in [5.74, 6) is 2.43. The molecular formula is C29H23FN2O2. The number of halogens is 1. The lowest BCUT2D eigenvalue weighted by atomic mass is 10.0. The van der Waals surface area contributed by atoms with E-state index in [1.165, 1.54) is 12.1 Å². The van der Waals surface area contributed by atoms with Crippen molar-refractivity contribution in [2.75, 3.05) is 0 Å². The first-order valence-corrected chi connectivity index (χ1v) is 11.1. The summed E-state index contributed by atoms with van der Waals surface area (Å²) in [5.41, 5.74) is 6.34. The van der Waals surface area contributed by atoms with Gasteiger partial charge in [0.25, 0.3) is 0 Å². The molecule has 4 nitrogen and oxygen atoms in total. The van der Waals surface area contributed by atoms with Gasteiger partial charge in [-0.05, 0) is 90.7 Å². The lowest BCUT2D eigenvalue weighted by Gasteiger charge is -2.07. The molecule has 2 aromatic heterocycles. The van der Waals surface area contributed by atoms with E-state index < -0.39 is 0 Å². The van der Waals surface area contributed by atoms with Gasteiger partial charge in [-0.15, -0.1) is 0 Å². The summed E-state index contributed by atoms with van der Waals surface area (Å²) >= 11 is 0. The molecule has 2 heterocycles. The second kappa shape index (κ2) is 9.32. The lowest BCUT2D eigenvalue weighted by Crippen LogP contribution is -1.92. The smallest absolute Gasteiger partial charge is 0.226 e. The Labute approximate surface area is 197 Å². The summed E-state index contributed by atoms with van der Waals surface area (Å²) in [7, 11) is 0. The lowest BCUT2D eigenvalue weighted by molar-refractivity contribution is 0.480. The van der Waals surface area contributed by atoms with Gasteiger partial charge in [-0.3, -0.25) is 4.98 Å². The van der Waals surface area contributed by atoms with Crippen molar-refractivity contribution in [1.82, 2.24) is 9.97 Å². The Morgan fingerprint density at radius 3 is 2.15 bits per heavy atom. The van der Waals surface area contributed by atoms with Crippen molar-refractivity contribution in [3.05, 3.63) is 120 Å². The Morgan fingerprint density at radius 2 is 1.47 bits per heavy atom. The molecule has 34 heavy (non-hydrogen) atoms. The average Bonchev–Trinajstić information content (AvgIpc) is 3.22. The van der Waals surface area contributed by atoms with Gasteiger partial charge in [-0.1, -0.05) is 24.3 Å². The summed E-state index contributed by atoms with van der Waals surface area (Å²) < 4.78 is 24.9. The Hall–Kier alpha value is -4.25. The minimum Gasteiger partial charge on any atom is -0.457 e. The van der Waals surface area contributed by atoms with Gasteiger partial charge < -0.3 is 9.15 Å². The SMILES string of the molecule is Cc1cc(-c2ccncc2)ccc1-c1nc(Cc2ccc(Oc3ccc(F)cc3)cc2)c(C)o1. The second-order valence-corrected chi connectivity index (χ2v) is 8.16. The molecule has 168 valence electrons. The largest absolute Gasteiger partial charge is 0.457 e. The zero-order valence-electron chi connectivity index (χ0n) is 19.0. The van der Waals surface area contributed by atoms with Crippen molar-refractivity contribution < 1.29 is 13.5 Å². The number of benzene rings is 3. The number of aromatic nitrogens is 2. The Kier molecular flexibility index (Phi) is 5.91. The molecule has 5 rings (SSSR count). The van der Waals surface area contributed by atoms with Gasteiger partial charge in [0, 0.05) is 24.4 Å². The Morgan fingerprint density at radius 1 is 0.794 bits per heavy atom. The molecule has 5 aromatic rings. The molecule has 0 radical (unpaired) electrons. The summed E-state index contributed by atoms with van der Waals surface area (Å²) in [6, 6.07) is 24.0. The minimum absolute atomic E-state index is 0.287. The van der Waals surface area contributed by atoms with Crippen LogP contribution in [0.3, 0.4) is 0 Å². The van der Waals surface area contributed by atoms with Crippen LogP contribution in [0.25, 0.3) is 22.6 Å². The first-order valence-electron chi connectivity index (χ1n) is 11.1. The third-order valence-electron chi connectivity index (χ3n) is 5.71. The summed E-state index contributed by atoms with van der Waals surface area (Å²) in [6.07, 6.45) is 4.24. The molecule has 0 N–H and O–H groups in total. The molecule has 0 aliphatic heterocycles. The molecule has 0 bridgehead atoms. The Bertz CT molecular complexity index is 1410. The van der Waals surface area contributed by atoms with Crippen molar-refractivity contribution in [3.8, 4) is 34.1 Å². The number of hydrogen-bond acceptors (Lipinski definition) is 4. The van der Waals surface area contributed by atoms with E-state index in [9.17, 15) is 4.39 Å². The van der Waals surface area contributed by atoms with Crippen LogP contribution >= 0.6 is 0 Å². The quantitative estimate of drug-likeness (QED) is 0.268. The topological polar surface area (TPSA) is 48.2 Å². The number of pyridine rings is 1. The number of nitrogens with zero attached hydrogens (tertiary/aromatic N) is 2. The standard InChI is InChI=1S/C29H23FN2O2/c1-19-17-23(22-13-15-31-16-14-22)5-12-27(19)29-32-28(20(2)33-29)18-21-3-8-25(9-4-21)34-26-10-6-24(30)7-11-26/h3-17H,18H2,1-2H3. The molecule has 0 saturated heterocycles. The molecule has 0 amide bonds. The van der Waals surface area contributed by atoms with Crippen molar-refractivity contribution in [2.24, 2.45) is 0 Å². The van der Waals surface area contributed by atoms with Crippen molar-refractivity contribution >= 4 is 0 Å². The van der Waals surface area contributed by atoms with Crippen molar-refractivity contribution in [1.29, 1.82) is 0 Å². The fraction of sp³-hybridized carbons (Fsp3) is 0.103. The van der Waals surface area contributed by atoms with E-state index in [0.29, 0.717) is 23.8 Å². The van der Waals surface area contributed by atoms with Crippen LogP contribution in [0.15, 0.2) is 95.7 Å². The van der Waals surface area contributed by atoms with Gasteiger partial charge in [-0.25, -0.2) is 9.37 Å². The molecule has 0 aliphatic rings. The first kappa shape index (κ1) is 21.6. The van der Waals surface area contributed by atoms with E-state index in [2.05, 4.69) is 30.1 Å². The van der Waals surface area contributed by atoms with E-state index >= 15 is 0 Å². The normalized spacial score (nSPS) is 10.9. The van der Waals surface area contributed by atoms with Gasteiger partial charge in [0.15, 0.2) is 0 Å². The van der Waals surface area contributed by atoms with Gasteiger partial charge in [-0.2, -0.15) is 0 Å². The van der Waals surface area contributed by atoms with Crippen LogP contribution in [0.4, 0.5) is 4.39 Å².